The number of hydrogen-bond donors (Lipinski definition) is 1. The van der Waals surface area contributed by atoms with Gasteiger partial charge < -0.3 is 9.64 Å². The molecule has 0 spiro atoms. The van der Waals surface area contributed by atoms with Crippen LogP contribution in [0.4, 0.5) is 10.6 Å². The maximum absolute atomic E-state index is 12.1. The number of carbonyl (C=O) groups is 1. The molecule has 1 fully saturated rings. The number of aromatic nitrogens is 1. The summed E-state index contributed by atoms with van der Waals surface area (Å²) in [6, 6.07) is 3.61. The van der Waals surface area contributed by atoms with E-state index in [4.69, 9.17) is 4.74 Å². The van der Waals surface area contributed by atoms with E-state index in [0.717, 1.165) is 5.56 Å². The Kier molecular flexibility index (Phi) is 3.81. The Morgan fingerprint density at radius 3 is 2.61 bits per heavy atom. The van der Waals surface area contributed by atoms with Crippen molar-refractivity contribution in [3.63, 3.8) is 0 Å². The zero-order chi connectivity index (χ0) is 13.1. The van der Waals surface area contributed by atoms with Crippen LogP contribution in [0.5, 0.6) is 0 Å². The van der Waals surface area contributed by atoms with Crippen molar-refractivity contribution < 1.29 is 9.53 Å². The number of morpholine rings is 1. The molecule has 1 aliphatic heterocycles. The molecule has 5 heteroatoms. The molecule has 18 heavy (non-hydrogen) atoms. The second-order valence-electron chi connectivity index (χ2n) is 4.81. The number of rotatable bonds is 1. The van der Waals surface area contributed by atoms with Gasteiger partial charge in [-0.2, -0.15) is 0 Å². The smallest absolute Gasteiger partial charge is 0.323 e. The zero-order valence-electron chi connectivity index (χ0n) is 11.0. The summed E-state index contributed by atoms with van der Waals surface area (Å²) >= 11 is 0. The highest BCUT2D eigenvalue weighted by molar-refractivity contribution is 5.88. The number of anilines is 1. The maximum Gasteiger partial charge on any atom is 0.323 e. The van der Waals surface area contributed by atoms with Crippen LogP contribution in [0, 0.1) is 6.92 Å². The standard InChI is InChI=1S/C13H19N3O2/c1-9-4-5-12(14-6-9)15-13(17)16-7-10(2)18-11(3)8-16/h4-6,10-11H,7-8H2,1-3H3,(H,14,15,17). The summed E-state index contributed by atoms with van der Waals surface area (Å²) in [6.07, 6.45) is 1.89. The van der Waals surface area contributed by atoms with E-state index in [1.807, 2.05) is 26.8 Å². The average Bonchev–Trinajstić information content (AvgIpc) is 2.31. The number of urea groups is 1. The summed E-state index contributed by atoms with van der Waals surface area (Å²) in [5, 5.41) is 2.80. The minimum absolute atomic E-state index is 0.0745. The lowest BCUT2D eigenvalue weighted by Crippen LogP contribution is -2.49. The van der Waals surface area contributed by atoms with Gasteiger partial charge in [0.1, 0.15) is 5.82 Å². The van der Waals surface area contributed by atoms with Gasteiger partial charge in [0, 0.05) is 19.3 Å². The molecule has 98 valence electrons. The lowest BCUT2D eigenvalue weighted by molar-refractivity contribution is -0.0530. The molecule has 1 aromatic rings. The normalized spacial score (nSPS) is 23.8. The van der Waals surface area contributed by atoms with E-state index >= 15 is 0 Å². The lowest BCUT2D eigenvalue weighted by atomic mass is 10.2. The Hall–Kier alpha value is -1.62. The van der Waals surface area contributed by atoms with Crippen molar-refractivity contribution >= 4 is 11.8 Å². The van der Waals surface area contributed by atoms with E-state index < -0.39 is 0 Å². The van der Waals surface area contributed by atoms with E-state index in [-0.39, 0.29) is 18.2 Å². The van der Waals surface area contributed by atoms with Gasteiger partial charge in [-0.15, -0.1) is 0 Å². The monoisotopic (exact) mass is 249 g/mol. The summed E-state index contributed by atoms with van der Waals surface area (Å²) in [7, 11) is 0. The van der Waals surface area contributed by atoms with Crippen molar-refractivity contribution in [3.8, 4) is 0 Å². The molecule has 2 amide bonds. The highest BCUT2D eigenvalue weighted by Gasteiger charge is 2.25. The van der Waals surface area contributed by atoms with Crippen molar-refractivity contribution in [1.82, 2.24) is 9.88 Å². The number of amides is 2. The largest absolute Gasteiger partial charge is 0.372 e. The van der Waals surface area contributed by atoms with Crippen LogP contribution in [-0.4, -0.2) is 41.2 Å². The van der Waals surface area contributed by atoms with Crippen LogP contribution in [0.1, 0.15) is 19.4 Å². The molecule has 2 heterocycles. The van der Waals surface area contributed by atoms with Crippen molar-refractivity contribution in [2.45, 2.75) is 33.0 Å². The van der Waals surface area contributed by atoms with Crippen molar-refractivity contribution in [3.05, 3.63) is 23.9 Å². The van der Waals surface area contributed by atoms with Gasteiger partial charge in [0.25, 0.3) is 0 Å². The number of nitrogens with one attached hydrogen (secondary N) is 1. The maximum atomic E-state index is 12.1. The van der Waals surface area contributed by atoms with E-state index in [1.54, 1.807) is 17.2 Å². The SMILES string of the molecule is Cc1ccc(NC(=O)N2CC(C)OC(C)C2)nc1. The molecule has 2 unspecified atom stereocenters. The molecule has 1 aliphatic rings. The topological polar surface area (TPSA) is 54.5 Å². The third-order valence-corrected chi connectivity index (χ3v) is 2.85. The minimum atomic E-state index is -0.117. The molecular weight excluding hydrogens is 230 g/mol. The fourth-order valence-corrected chi connectivity index (χ4v) is 2.07. The van der Waals surface area contributed by atoms with Gasteiger partial charge in [-0.05, 0) is 32.4 Å². The average molecular weight is 249 g/mol. The molecule has 0 bridgehead atoms. The summed E-state index contributed by atoms with van der Waals surface area (Å²) in [4.78, 5) is 18.0. The third kappa shape index (κ3) is 3.20. The summed E-state index contributed by atoms with van der Waals surface area (Å²) in [6.45, 7) is 7.13. The predicted molar refractivity (Wildman–Crippen MR) is 69.6 cm³/mol. The van der Waals surface area contributed by atoms with E-state index in [0.29, 0.717) is 18.9 Å². The predicted octanol–water partition coefficient (Wildman–Crippen LogP) is 2.03. The number of pyridine rings is 1. The van der Waals surface area contributed by atoms with Crippen LogP contribution in [0.3, 0.4) is 0 Å². The van der Waals surface area contributed by atoms with Gasteiger partial charge in [-0.3, -0.25) is 5.32 Å². The van der Waals surface area contributed by atoms with Crippen molar-refractivity contribution in [1.29, 1.82) is 0 Å². The van der Waals surface area contributed by atoms with Gasteiger partial charge in [0.15, 0.2) is 0 Å². The quantitative estimate of drug-likeness (QED) is 0.828. The number of aryl methyl sites for hydroxylation is 1. The lowest BCUT2D eigenvalue weighted by Gasteiger charge is -2.35. The minimum Gasteiger partial charge on any atom is -0.372 e. The highest BCUT2D eigenvalue weighted by Crippen LogP contribution is 2.12. The van der Waals surface area contributed by atoms with Crippen LogP contribution >= 0.6 is 0 Å². The fraction of sp³-hybridized carbons (Fsp3) is 0.538. The van der Waals surface area contributed by atoms with E-state index in [9.17, 15) is 4.79 Å². The van der Waals surface area contributed by atoms with Gasteiger partial charge >= 0.3 is 6.03 Å². The molecule has 2 atom stereocenters. The van der Waals surface area contributed by atoms with Gasteiger partial charge in [0.2, 0.25) is 0 Å². The fourth-order valence-electron chi connectivity index (χ4n) is 2.07. The Morgan fingerprint density at radius 2 is 2.06 bits per heavy atom. The van der Waals surface area contributed by atoms with Crippen LogP contribution in [-0.2, 0) is 4.74 Å². The summed E-state index contributed by atoms with van der Waals surface area (Å²) in [5.74, 6) is 0.581. The van der Waals surface area contributed by atoms with Gasteiger partial charge in [-0.25, -0.2) is 9.78 Å². The molecule has 1 saturated heterocycles. The van der Waals surface area contributed by atoms with E-state index in [2.05, 4.69) is 10.3 Å². The number of carbonyl (C=O) groups excluding carboxylic acids is 1. The second-order valence-corrected chi connectivity index (χ2v) is 4.81. The number of hydrogen-bond acceptors (Lipinski definition) is 3. The molecule has 0 aliphatic carbocycles. The van der Waals surface area contributed by atoms with Crippen molar-refractivity contribution in [2.75, 3.05) is 18.4 Å². The summed E-state index contributed by atoms with van der Waals surface area (Å²) < 4.78 is 5.60. The number of ether oxygens (including phenoxy) is 1. The molecule has 2 rings (SSSR count). The first kappa shape index (κ1) is 12.8. The molecule has 1 aromatic heterocycles. The first-order valence-electron chi connectivity index (χ1n) is 6.18. The molecule has 0 aromatic carbocycles. The van der Waals surface area contributed by atoms with Crippen LogP contribution in [0.2, 0.25) is 0 Å². The Labute approximate surface area is 107 Å². The summed E-state index contributed by atoms with van der Waals surface area (Å²) in [5.41, 5.74) is 1.07. The molecule has 5 nitrogen and oxygen atoms in total. The first-order valence-corrected chi connectivity index (χ1v) is 6.18. The molecule has 0 saturated carbocycles. The van der Waals surface area contributed by atoms with Crippen LogP contribution in [0.15, 0.2) is 18.3 Å². The molecule has 0 radical (unpaired) electrons. The van der Waals surface area contributed by atoms with Gasteiger partial charge in [-0.1, -0.05) is 6.07 Å². The second kappa shape index (κ2) is 5.35. The Bertz CT molecular complexity index is 409. The zero-order valence-corrected chi connectivity index (χ0v) is 11.0. The highest BCUT2D eigenvalue weighted by atomic mass is 16.5. The molecule has 1 N–H and O–H groups in total. The van der Waals surface area contributed by atoms with Crippen LogP contribution < -0.4 is 5.32 Å². The first-order chi connectivity index (χ1) is 8.54. The molecular formula is C13H19N3O2. The Balaban J connectivity index is 1.97. The van der Waals surface area contributed by atoms with Crippen molar-refractivity contribution in [2.24, 2.45) is 0 Å². The van der Waals surface area contributed by atoms with Crippen LogP contribution in [0.25, 0.3) is 0 Å². The number of nitrogens with zero attached hydrogens (tertiary/aromatic N) is 2. The third-order valence-electron chi connectivity index (χ3n) is 2.85. The Morgan fingerprint density at radius 1 is 1.39 bits per heavy atom. The van der Waals surface area contributed by atoms with Gasteiger partial charge in [0.05, 0.1) is 12.2 Å². The van der Waals surface area contributed by atoms with E-state index in [1.165, 1.54) is 0 Å².